The maximum atomic E-state index is 5.67. The largest absolute Gasteiger partial charge is 0.378 e. The van der Waals surface area contributed by atoms with Crippen molar-refractivity contribution in [3.05, 3.63) is 18.0 Å². The zero-order valence-electron chi connectivity index (χ0n) is 10.1. The van der Waals surface area contributed by atoms with Crippen LogP contribution in [0.4, 0.5) is 0 Å². The number of aromatic amines is 1. The van der Waals surface area contributed by atoms with Gasteiger partial charge >= 0.3 is 0 Å². The highest BCUT2D eigenvalue weighted by atomic mass is 16.5. The SMILES string of the molecule is CCC1CC(NC(C)c2cn[nH]c2)CCO1. The molecule has 0 aromatic carbocycles. The van der Waals surface area contributed by atoms with Crippen molar-refractivity contribution < 1.29 is 4.74 Å². The molecule has 1 aromatic heterocycles. The molecular weight excluding hydrogens is 202 g/mol. The Balaban J connectivity index is 1.84. The molecule has 1 aliphatic heterocycles. The van der Waals surface area contributed by atoms with E-state index >= 15 is 0 Å². The van der Waals surface area contributed by atoms with Crippen molar-refractivity contribution in [1.82, 2.24) is 15.5 Å². The van der Waals surface area contributed by atoms with Crippen molar-refractivity contribution in [3.8, 4) is 0 Å². The number of hydrogen-bond donors (Lipinski definition) is 2. The van der Waals surface area contributed by atoms with Gasteiger partial charge in [0.25, 0.3) is 0 Å². The second-order valence-corrected chi connectivity index (χ2v) is 4.54. The Morgan fingerprint density at radius 1 is 1.69 bits per heavy atom. The number of hydrogen-bond acceptors (Lipinski definition) is 3. The molecule has 0 aliphatic carbocycles. The molecule has 3 atom stereocenters. The minimum atomic E-state index is 0.361. The van der Waals surface area contributed by atoms with Crippen molar-refractivity contribution >= 4 is 0 Å². The molecule has 90 valence electrons. The predicted molar refractivity (Wildman–Crippen MR) is 63.2 cm³/mol. The summed E-state index contributed by atoms with van der Waals surface area (Å²) in [5.74, 6) is 0. The van der Waals surface area contributed by atoms with Gasteiger partial charge in [0.15, 0.2) is 0 Å². The molecular formula is C12H21N3O. The maximum absolute atomic E-state index is 5.67. The van der Waals surface area contributed by atoms with Gasteiger partial charge in [0.1, 0.15) is 0 Å². The third-order valence-electron chi connectivity index (χ3n) is 3.33. The first-order chi connectivity index (χ1) is 7.79. The van der Waals surface area contributed by atoms with E-state index in [1.165, 1.54) is 5.56 Å². The van der Waals surface area contributed by atoms with Crippen LogP contribution in [0.25, 0.3) is 0 Å². The molecule has 0 saturated carbocycles. The van der Waals surface area contributed by atoms with E-state index in [-0.39, 0.29) is 0 Å². The Morgan fingerprint density at radius 2 is 2.56 bits per heavy atom. The van der Waals surface area contributed by atoms with Gasteiger partial charge in [0, 0.05) is 30.5 Å². The number of nitrogens with one attached hydrogen (secondary N) is 2. The number of H-pyrrole nitrogens is 1. The molecule has 3 unspecified atom stereocenters. The summed E-state index contributed by atoms with van der Waals surface area (Å²) in [4.78, 5) is 0. The summed E-state index contributed by atoms with van der Waals surface area (Å²) in [6.07, 6.45) is 7.61. The Hall–Kier alpha value is -0.870. The Morgan fingerprint density at radius 3 is 3.25 bits per heavy atom. The third-order valence-corrected chi connectivity index (χ3v) is 3.33. The third kappa shape index (κ3) is 2.83. The first-order valence-corrected chi connectivity index (χ1v) is 6.16. The summed E-state index contributed by atoms with van der Waals surface area (Å²) in [6, 6.07) is 0.933. The summed E-state index contributed by atoms with van der Waals surface area (Å²) in [7, 11) is 0. The van der Waals surface area contributed by atoms with Crippen LogP contribution in [-0.2, 0) is 4.74 Å². The van der Waals surface area contributed by atoms with Gasteiger partial charge < -0.3 is 10.1 Å². The quantitative estimate of drug-likeness (QED) is 0.821. The van der Waals surface area contributed by atoms with Crippen molar-refractivity contribution in [2.75, 3.05) is 6.61 Å². The summed E-state index contributed by atoms with van der Waals surface area (Å²) in [6.45, 7) is 5.25. The van der Waals surface area contributed by atoms with Crippen LogP contribution in [0.15, 0.2) is 12.4 Å². The second-order valence-electron chi connectivity index (χ2n) is 4.54. The standard InChI is InChI=1S/C12H21N3O/c1-3-12-6-11(4-5-16-12)15-9(2)10-7-13-14-8-10/h7-9,11-12,15H,3-6H2,1-2H3,(H,13,14). The molecule has 0 amide bonds. The summed E-state index contributed by atoms with van der Waals surface area (Å²) in [5.41, 5.74) is 1.22. The van der Waals surface area contributed by atoms with Gasteiger partial charge in [0.2, 0.25) is 0 Å². The van der Waals surface area contributed by atoms with Crippen LogP contribution in [0.2, 0.25) is 0 Å². The molecule has 2 heterocycles. The minimum absolute atomic E-state index is 0.361. The van der Waals surface area contributed by atoms with E-state index in [9.17, 15) is 0 Å². The van der Waals surface area contributed by atoms with Crippen LogP contribution in [0.1, 0.15) is 44.7 Å². The topological polar surface area (TPSA) is 49.9 Å². The first-order valence-electron chi connectivity index (χ1n) is 6.16. The van der Waals surface area contributed by atoms with Gasteiger partial charge in [-0.1, -0.05) is 6.92 Å². The smallest absolute Gasteiger partial charge is 0.0587 e. The van der Waals surface area contributed by atoms with E-state index in [4.69, 9.17) is 4.74 Å². The highest BCUT2D eigenvalue weighted by molar-refractivity contribution is 5.08. The van der Waals surface area contributed by atoms with Crippen LogP contribution in [0, 0.1) is 0 Å². The van der Waals surface area contributed by atoms with Crippen molar-refractivity contribution in [1.29, 1.82) is 0 Å². The number of rotatable bonds is 4. The maximum Gasteiger partial charge on any atom is 0.0587 e. The molecule has 4 heteroatoms. The average Bonchev–Trinajstić information content (AvgIpc) is 2.83. The van der Waals surface area contributed by atoms with Crippen LogP contribution >= 0.6 is 0 Å². The number of nitrogens with zero attached hydrogens (tertiary/aromatic N) is 1. The van der Waals surface area contributed by atoms with Crippen LogP contribution < -0.4 is 5.32 Å². The van der Waals surface area contributed by atoms with Gasteiger partial charge in [-0.2, -0.15) is 5.10 Å². The summed E-state index contributed by atoms with van der Waals surface area (Å²) >= 11 is 0. The molecule has 16 heavy (non-hydrogen) atoms. The second kappa shape index (κ2) is 5.46. The van der Waals surface area contributed by atoms with E-state index in [0.29, 0.717) is 18.2 Å². The highest BCUT2D eigenvalue weighted by Gasteiger charge is 2.22. The lowest BCUT2D eigenvalue weighted by Crippen LogP contribution is -2.39. The van der Waals surface area contributed by atoms with Gasteiger partial charge in [0.05, 0.1) is 12.3 Å². The zero-order chi connectivity index (χ0) is 11.4. The van der Waals surface area contributed by atoms with Crippen LogP contribution in [-0.4, -0.2) is 29.0 Å². The van der Waals surface area contributed by atoms with E-state index in [2.05, 4.69) is 29.4 Å². The van der Waals surface area contributed by atoms with Crippen molar-refractivity contribution in [3.63, 3.8) is 0 Å². The fourth-order valence-corrected chi connectivity index (χ4v) is 2.26. The lowest BCUT2D eigenvalue weighted by Gasteiger charge is -2.31. The van der Waals surface area contributed by atoms with Crippen LogP contribution in [0.5, 0.6) is 0 Å². The average molecular weight is 223 g/mol. The molecule has 1 aromatic rings. The molecule has 0 bridgehead atoms. The fourth-order valence-electron chi connectivity index (χ4n) is 2.26. The van der Waals surface area contributed by atoms with Crippen LogP contribution in [0.3, 0.4) is 0 Å². The first kappa shape index (κ1) is 11.6. The molecule has 1 fully saturated rings. The van der Waals surface area contributed by atoms with Crippen molar-refractivity contribution in [2.24, 2.45) is 0 Å². The van der Waals surface area contributed by atoms with E-state index in [1.807, 2.05) is 12.4 Å². The van der Waals surface area contributed by atoms with E-state index in [1.54, 1.807) is 0 Å². The molecule has 2 rings (SSSR count). The number of ether oxygens (including phenoxy) is 1. The van der Waals surface area contributed by atoms with E-state index in [0.717, 1.165) is 25.9 Å². The lowest BCUT2D eigenvalue weighted by molar-refractivity contribution is -0.00165. The van der Waals surface area contributed by atoms with E-state index < -0.39 is 0 Å². The Bertz CT molecular complexity index is 299. The molecule has 1 saturated heterocycles. The minimum Gasteiger partial charge on any atom is -0.378 e. The van der Waals surface area contributed by atoms with Crippen molar-refractivity contribution in [2.45, 2.75) is 51.3 Å². The van der Waals surface area contributed by atoms with Gasteiger partial charge in [-0.25, -0.2) is 0 Å². The summed E-state index contributed by atoms with van der Waals surface area (Å²) < 4.78 is 5.67. The molecule has 2 N–H and O–H groups in total. The Kier molecular flexibility index (Phi) is 3.96. The highest BCUT2D eigenvalue weighted by Crippen LogP contribution is 2.19. The molecule has 4 nitrogen and oxygen atoms in total. The predicted octanol–water partition coefficient (Wildman–Crippen LogP) is 2.02. The molecule has 0 radical (unpaired) electrons. The molecule has 1 aliphatic rings. The Labute approximate surface area is 96.8 Å². The molecule has 0 spiro atoms. The normalized spacial score (nSPS) is 27.9. The number of aromatic nitrogens is 2. The van der Waals surface area contributed by atoms with Gasteiger partial charge in [-0.05, 0) is 26.2 Å². The fraction of sp³-hybridized carbons (Fsp3) is 0.750. The lowest BCUT2D eigenvalue weighted by atomic mass is 10.00. The monoisotopic (exact) mass is 223 g/mol. The van der Waals surface area contributed by atoms with Gasteiger partial charge in [-0.3, -0.25) is 5.10 Å². The summed E-state index contributed by atoms with van der Waals surface area (Å²) in [5, 5.41) is 10.5. The van der Waals surface area contributed by atoms with Gasteiger partial charge in [-0.15, -0.1) is 0 Å². The zero-order valence-corrected chi connectivity index (χ0v) is 10.1.